The van der Waals surface area contributed by atoms with E-state index in [1.165, 1.54) is 6.20 Å². The maximum atomic E-state index is 12.1. The van der Waals surface area contributed by atoms with Gasteiger partial charge < -0.3 is 19.8 Å². The molecule has 0 saturated heterocycles. The van der Waals surface area contributed by atoms with Gasteiger partial charge in [-0.15, -0.1) is 0 Å². The molecule has 1 unspecified atom stereocenters. The minimum absolute atomic E-state index is 0.157. The second kappa shape index (κ2) is 5.79. The first-order valence-electron chi connectivity index (χ1n) is 6.66. The smallest absolute Gasteiger partial charge is 0.257 e. The fourth-order valence-electron chi connectivity index (χ4n) is 2.18. The summed E-state index contributed by atoms with van der Waals surface area (Å²) in [6.07, 6.45) is 1.43. The summed E-state index contributed by atoms with van der Waals surface area (Å²) in [5.41, 5.74) is 0.508. The maximum Gasteiger partial charge on any atom is 0.257 e. The van der Waals surface area contributed by atoms with Crippen molar-refractivity contribution in [3.05, 3.63) is 23.5 Å². The molecule has 7 nitrogen and oxygen atoms in total. The lowest BCUT2D eigenvalue weighted by atomic mass is 10.1. The number of aromatic nitrogens is 2. The quantitative estimate of drug-likeness (QED) is 0.837. The Balaban J connectivity index is 2.06. The van der Waals surface area contributed by atoms with Gasteiger partial charge in [-0.2, -0.15) is 0 Å². The van der Waals surface area contributed by atoms with Crippen molar-refractivity contribution in [2.24, 2.45) is 0 Å². The predicted molar refractivity (Wildman–Crippen MR) is 78.1 cm³/mol. The second-order valence-electron chi connectivity index (χ2n) is 5.76. The highest BCUT2D eigenvalue weighted by Crippen LogP contribution is 2.16. The lowest BCUT2D eigenvalue weighted by molar-refractivity contribution is 0.0326. The van der Waals surface area contributed by atoms with Gasteiger partial charge in [-0.3, -0.25) is 4.79 Å². The van der Waals surface area contributed by atoms with Crippen LogP contribution in [0.5, 0.6) is 0 Å². The first-order chi connectivity index (χ1) is 9.78. The van der Waals surface area contributed by atoms with Crippen LogP contribution in [0.2, 0.25) is 0 Å². The van der Waals surface area contributed by atoms with Gasteiger partial charge in [0.05, 0.1) is 22.2 Å². The van der Waals surface area contributed by atoms with E-state index in [9.17, 15) is 9.90 Å². The van der Waals surface area contributed by atoms with Gasteiger partial charge in [0.1, 0.15) is 0 Å². The molecule has 0 aliphatic heterocycles. The number of aliphatic hydroxyl groups is 1. The molecule has 0 radical (unpaired) electrons. The van der Waals surface area contributed by atoms with Crippen molar-refractivity contribution in [3.63, 3.8) is 0 Å². The maximum absolute atomic E-state index is 12.1. The second-order valence-corrected chi connectivity index (χ2v) is 5.76. The summed E-state index contributed by atoms with van der Waals surface area (Å²) in [6, 6.07) is 1.68. The molecule has 114 valence electrons. The molecule has 2 N–H and O–H groups in total. The zero-order valence-corrected chi connectivity index (χ0v) is 12.7. The molecule has 0 aliphatic carbocycles. The molecule has 0 fully saturated rings. The van der Waals surface area contributed by atoms with Crippen molar-refractivity contribution < 1.29 is 14.4 Å². The average molecular weight is 292 g/mol. The van der Waals surface area contributed by atoms with Gasteiger partial charge >= 0.3 is 0 Å². The number of nitrogens with one attached hydrogen (secondary N) is 1. The topological polar surface area (TPSA) is 91.5 Å². The molecule has 0 bridgehead atoms. The van der Waals surface area contributed by atoms with E-state index in [0.29, 0.717) is 28.9 Å². The lowest BCUT2D eigenvalue weighted by Gasteiger charge is -2.27. The molecule has 0 spiro atoms. The first-order valence-corrected chi connectivity index (χ1v) is 6.66. The van der Waals surface area contributed by atoms with Gasteiger partial charge in [-0.1, -0.05) is 5.16 Å². The summed E-state index contributed by atoms with van der Waals surface area (Å²) < 4.78 is 5.00. The van der Waals surface area contributed by atoms with E-state index in [4.69, 9.17) is 4.52 Å². The third kappa shape index (κ3) is 3.77. The molecule has 7 heteroatoms. The van der Waals surface area contributed by atoms with E-state index in [1.807, 2.05) is 19.0 Å². The molecule has 0 saturated carbocycles. The summed E-state index contributed by atoms with van der Waals surface area (Å²) in [7, 11) is 3.73. The van der Waals surface area contributed by atoms with Crippen LogP contribution in [0.1, 0.15) is 23.0 Å². The Morgan fingerprint density at radius 1 is 1.52 bits per heavy atom. The number of amides is 1. The first kappa shape index (κ1) is 15.4. The molecule has 2 heterocycles. The molecular weight excluding hydrogens is 272 g/mol. The van der Waals surface area contributed by atoms with Crippen LogP contribution in [0.15, 0.2) is 16.8 Å². The molecule has 21 heavy (non-hydrogen) atoms. The summed E-state index contributed by atoms with van der Waals surface area (Å²) >= 11 is 0. The molecule has 2 aromatic rings. The number of hydrogen-bond donors (Lipinski definition) is 2. The van der Waals surface area contributed by atoms with E-state index < -0.39 is 5.60 Å². The number of rotatable bonds is 5. The van der Waals surface area contributed by atoms with E-state index in [2.05, 4.69) is 15.5 Å². The van der Waals surface area contributed by atoms with Crippen molar-refractivity contribution >= 4 is 17.0 Å². The van der Waals surface area contributed by atoms with Crippen molar-refractivity contribution in [2.75, 3.05) is 27.2 Å². The summed E-state index contributed by atoms with van der Waals surface area (Å²) in [4.78, 5) is 18.0. The predicted octanol–water partition coefficient (Wildman–Crippen LogP) is 0.574. The van der Waals surface area contributed by atoms with E-state index in [1.54, 1.807) is 19.9 Å². The summed E-state index contributed by atoms with van der Waals surface area (Å²) in [5, 5.41) is 17.4. The van der Waals surface area contributed by atoms with Crippen LogP contribution in [0.3, 0.4) is 0 Å². The highest BCUT2D eigenvalue weighted by molar-refractivity contribution is 5.96. The Bertz CT molecular complexity index is 649. The van der Waals surface area contributed by atoms with Crippen LogP contribution in [0.25, 0.3) is 11.1 Å². The Hall–Kier alpha value is -1.99. The largest absolute Gasteiger partial charge is 0.387 e. The normalized spacial score (nSPS) is 14.4. The number of fused-ring (bicyclic) bond motifs is 1. The summed E-state index contributed by atoms with van der Waals surface area (Å²) in [5.74, 6) is -0.288. The van der Waals surface area contributed by atoms with Gasteiger partial charge in [-0.05, 0) is 34.0 Å². The van der Waals surface area contributed by atoms with Crippen molar-refractivity contribution in [1.82, 2.24) is 20.4 Å². The lowest BCUT2D eigenvalue weighted by Crippen LogP contribution is -2.47. The van der Waals surface area contributed by atoms with Crippen LogP contribution in [0.4, 0.5) is 0 Å². The fourth-order valence-corrected chi connectivity index (χ4v) is 2.18. The zero-order chi connectivity index (χ0) is 15.6. The number of likely N-dealkylation sites (N-methyl/N-ethyl adjacent to an activating group) is 1. The number of nitrogens with zero attached hydrogens (tertiary/aromatic N) is 3. The number of pyridine rings is 1. The Morgan fingerprint density at radius 2 is 2.24 bits per heavy atom. The molecule has 1 amide bonds. The molecule has 2 aromatic heterocycles. The Kier molecular flexibility index (Phi) is 4.24. The van der Waals surface area contributed by atoms with Crippen molar-refractivity contribution in [3.8, 4) is 0 Å². The van der Waals surface area contributed by atoms with Gasteiger partial charge in [0, 0.05) is 19.3 Å². The van der Waals surface area contributed by atoms with Crippen LogP contribution < -0.4 is 5.32 Å². The van der Waals surface area contributed by atoms with Gasteiger partial charge in [-0.25, -0.2) is 4.98 Å². The molecular formula is C14H20N4O3. The Labute approximate surface area is 122 Å². The van der Waals surface area contributed by atoms with Gasteiger partial charge in [0.25, 0.3) is 11.6 Å². The van der Waals surface area contributed by atoms with Crippen LogP contribution in [0, 0.1) is 6.92 Å². The van der Waals surface area contributed by atoms with Crippen LogP contribution in [-0.4, -0.2) is 58.8 Å². The third-order valence-corrected chi connectivity index (χ3v) is 3.06. The van der Waals surface area contributed by atoms with Crippen molar-refractivity contribution in [1.29, 1.82) is 0 Å². The highest BCUT2D eigenvalue weighted by atomic mass is 16.5. The highest BCUT2D eigenvalue weighted by Gasteiger charge is 2.22. The zero-order valence-electron chi connectivity index (χ0n) is 12.7. The number of hydrogen-bond acceptors (Lipinski definition) is 6. The number of aryl methyl sites for hydroxylation is 1. The van der Waals surface area contributed by atoms with Crippen LogP contribution in [-0.2, 0) is 0 Å². The van der Waals surface area contributed by atoms with Gasteiger partial charge in [0.15, 0.2) is 0 Å². The molecule has 2 rings (SSSR count). The minimum Gasteiger partial charge on any atom is -0.387 e. The SMILES string of the molecule is Cc1noc2ncc(C(=O)NCC(C)(O)CN(C)C)cc12. The van der Waals surface area contributed by atoms with E-state index >= 15 is 0 Å². The standard InChI is InChI=1S/C14H20N4O3/c1-9-11-5-10(6-15-13(11)21-17-9)12(19)16-7-14(2,20)8-18(3)4/h5-6,20H,7-8H2,1-4H3,(H,16,19). The number of carbonyl (C=O) groups excluding carboxylic acids is 1. The molecule has 1 atom stereocenters. The minimum atomic E-state index is -0.996. The number of carbonyl (C=O) groups is 1. The average Bonchev–Trinajstić information content (AvgIpc) is 2.76. The van der Waals surface area contributed by atoms with Crippen molar-refractivity contribution in [2.45, 2.75) is 19.4 Å². The summed E-state index contributed by atoms with van der Waals surface area (Å²) in [6.45, 7) is 4.08. The monoisotopic (exact) mass is 292 g/mol. The van der Waals surface area contributed by atoms with E-state index in [0.717, 1.165) is 0 Å². The molecule has 0 aromatic carbocycles. The van der Waals surface area contributed by atoms with E-state index in [-0.39, 0.29) is 12.5 Å². The fraction of sp³-hybridized carbons (Fsp3) is 0.500. The molecule has 0 aliphatic rings. The van der Waals surface area contributed by atoms with Gasteiger partial charge in [0.2, 0.25) is 0 Å². The third-order valence-electron chi connectivity index (χ3n) is 3.06. The van der Waals surface area contributed by atoms with Crippen LogP contribution >= 0.6 is 0 Å². The Morgan fingerprint density at radius 3 is 2.90 bits per heavy atom.